The number of rotatable bonds is 8. The van der Waals surface area contributed by atoms with Crippen LogP contribution in [-0.4, -0.2) is 45.6 Å². The Hall–Kier alpha value is -1.14. The summed E-state index contributed by atoms with van der Waals surface area (Å²) in [5.41, 5.74) is -1.59. The third-order valence-electron chi connectivity index (χ3n) is 2.92. The van der Waals surface area contributed by atoms with Crippen molar-refractivity contribution in [1.82, 2.24) is 0 Å². The molecule has 0 aromatic rings. The van der Waals surface area contributed by atoms with Crippen LogP contribution in [0, 0.1) is 0 Å². The van der Waals surface area contributed by atoms with Gasteiger partial charge < -0.3 is 14.0 Å². The molecule has 0 aromatic heterocycles. The molecule has 1 unspecified atom stereocenters. The van der Waals surface area contributed by atoms with Crippen LogP contribution in [0.5, 0.6) is 0 Å². The first-order valence-corrected chi connectivity index (χ1v) is 13.9. The Bertz CT molecular complexity index is 496. The largest absolute Gasteiger partial charge is 0.478 e. The fourth-order valence-electron chi connectivity index (χ4n) is 2.32. The lowest BCUT2D eigenvalue weighted by Gasteiger charge is -2.36. The molecule has 0 rings (SSSR count). The highest BCUT2D eigenvalue weighted by atomic mass is 28.4. The Morgan fingerprint density at radius 2 is 1.67 bits per heavy atom. The van der Waals surface area contributed by atoms with Gasteiger partial charge in [-0.05, 0) is 39.2 Å². The highest BCUT2D eigenvalue weighted by molar-refractivity contribution is 6.84. The standard InChI is InChI=1S/C14H25F3O5Si2/c1-7-12(24(5,6)22-23(2,3)4)21-13(20)10(8-11(18)19)9-14(15,16)17/h8,12H,7,9H2,1-6H3,(H,18,19). The van der Waals surface area contributed by atoms with E-state index in [2.05, 4.69) is 0 Å². The molecule has 0 saturated carbocycles. The predicted molar refractivity (Wildman–Crippen MR) is 88.5 cm³/mol. The molecule has 140 valence electrons. The van der Waals surface area contributed by atoms with Crippen LogP contribution in [0.15, 0.2) is 11.6 Å². The van der Waals surface area contributed by atoms with Gasteiger partial charge >= 0.3 is 18.1 Å². The number of carbonyl (C=O) groups is 2. The normalized spacial score (nSPS) is 15.1. The summed E-state index contributed by atoms with van der Waals surface area (Å²) < 4.78 is 48.9. The van der Waals surface area contributed by atoms with Crippen molar-refractivity contribution in [1.29, 1.82) is 0 Å². The Kier molecular flexibility index (Phi) is 7.91. The molecule has 0 aromatic carbocycles. The minimum atomic E-state index is -4.70. The number of carboxylic acids is 1. The molecule has 1 N–H and O–H groups in total. The zero-order chi connectivity index (χ0) is 19.3. The van der Waals surface area contributed by atoms with Gasteiger partial charge in [0.2, 0.25) is 8.32 Å². The van der Waals surface area contributed by atoms with Gasteiger partial charge in [-0.3, -0.25) is 0 Å². The molecule has 0 fully saturated rings. The van der Waals surface area contributed by atoms with Gasteiger partial charge in [0.15, 0.2) is 8.32 Å². The van der Waals surface area contributed by atoms with E-state index < -0.39 is 52.5 Å². The maximum absolute atomic E-state index is 12.5. The molecule has 0 aliphatic rings. The van der Waals surface area contributed by atoms with Crippen molar-refractivity contribution < 1.29 is 36.7 Å². The molecular weight excluding hydrogens is 361 g/mol. The Morgan fingerprint density at radius 1 is 1.17 bits per heavy atom. The van der Waals surface area contributed by atoms with Gasteiger partial charge in [-0.1, -0.05) is 6.92 Å². The average Bonchev–Trinajstić information content (AvgIpc) is 2.28. The first kappa shape index (κ1) is 22.9. The zero-order valence-corrected chi connectivity index (χ0v) is 16.8. The molecule has 0 bridgehead atoms. The van der Waals surface area contributed by atoms with Crippen molar-refractivity contribution in [3.8, 4) is 0 Å². The van der Waals surface area contributed by atoms with E-state index in [1.165, 1.54) is 0 Å². The highest BCUT2D eigenvalue weighted by Gasteiger charge is 2.41. The molecule has 0 radical (unpaired) electrons. The molecule has 24 heavy (non-hydrogen) atoms. The molecule has 10 heteroatoms. The summed E-state index contributed by atoms with van der Waals surface area (Å²) in [6.07, 6.45) is -5.73. The van der Waals surface area contributed by atoms with Crippen LogP contribution in [-0.2, 0) is 18.4 Å². The summed E-state index contributed by atoms with van der Waals surface area (Å²) in [6, 6.07) is 0. The first-order valence-electron chi connectivity index (χ1n) is 7.49. The van der Waals surface area contributed by atoms with Gasteiger partial charge in [0.25, 0.3) is 0 Å². The molecule has 0 heterocycles. The first-order chi connectivity index (χ1) is 10.6. The van der Waals surface area contributed by atoms with E-state index in [4.69, 9.17) is 14.0 Å². The van der Waals surface area contributed by atoms with Gasteiger partial charge in [0, 0.05) is 6.08 Å². The number of halogens is 3. The van der Waals surface area contributed by atoms with E-state index in [1.807, 2.05) is 32.7 Å². The Morgan fingerprint density at radius 3 is 2.00 bits per heavy atom. The smallest absolute Gasteiger partial charge is 0.393 e. The lowest BCUT2D eigenvalue weighted by Crippen LogP contribution is -2.52. The minimum absolute atomic E-state index is 0.246. The van der Waals surface area contributed by atoms with Crippen LogP contribution in [0.4, 0.5) is 13.2 Å². The third-order valence-corrected chi connectivity index (χ3v) is 9.55. The highest BCUT2D eigenvalue weighted by Crippen LogP contribution is 2.27. The number of carbonyl (C=O) groups excluding carboxylic acids is 1. The van der Waals surface area contributed by atoms with E-state index in [-0.39, 0.29) is 6.08 Å². The van der Waals surface area contributed by atoms with Crippen molar-refractivity contribution in [2.75, 3.05) is 0 Å². The van der Waals surface area contributed by atoms with Crippen molar-refractivity contribution in [2.24, 2.45) is 0 Å². The predicted octanol–water partition coefficient (Wildman–Crippen LogP) is 3.87. The zero-order valence-electron chi connectivity index (χ0n) is 14.8. The molecule has 0 amide bonds. The molecule has 0 aliphatic carbocycles. The second kappa shape index (κ2) is 8.30. The lowest BCUT2D eigenvalue weighted by molar-refractivity contribution is -0.150. The summed E-state index contributed by atoms with van der Waals surface area (Å²) in [5.74, 6) is -2.89. The fraction of sp³-hybridized carbons (Fsp3) is 0.714. The molecular formula is C14H25F3O5Si2. The van der Waals surface area contributed by atoms with Gasteiger partial charge in [-0.2, -0.15) is 13.2 Å². The summed E-state index contributed by atoms with van der Waals surface area (Å²) in [5, 5.41) is 8.67. The quantitative estimate of drug-likeness (QED) is 0.389. The summed E-state index contributed by atoms with van der Waals surface area (Å²) in [4.78, 5) is 22.7. The number of carboxylic acid groups (broad SMARTS) is 1. The van der Waals surface area contributed by atoms with Gasteiger partial charge in [0.05, 0.1) is 12.0 Å². The van der Waals surface area contributed by atoms with Gasteiger partial charge in [-0.25, -0.2) is 9.59 Å². The van der Waals surface area contributed by atoms with Gasteiger partial charge in [-0.15, -0.1) is 0 Å². The number of ether oxygens (including phenoxy) is 1. The van der Waals surface area contributed by atoms with E-state index in [0.717, 1.165) is 0 Å². The topological polar surface area (TPSA) is 72.8 Å². The average molecular weight is 387 g/mol. The summed E-state index contributed by atoms with van der Waals surface area (Å²) in [7, 11) is -4.45. The maximum Gasteiger partial charge on any atom is 0.393 e. The molecule has 5 nitrogen and oxygen atoms in total. The van der Waals surface area contributed by atoms with E-state index in [9.17, 15) is 22.8 Å². The fourth-order valence-corrected chi connectivity index (χ4v) is 10.5. The third kappa shape index (κ3) is 9.23. The van der Waals surface area contributed by atoms with E-state index in [1.54, 1.807) is 6.92 Å². The Balaban J connectivity index is 5.34. The minimum Gasteiger partial charge on any atom is -0.478 e. The van der Waals surface area contributed by atoms with Crippen molar-refractivity contribution in [3.63, 3.8) is 0 Å². The number of alkyl halides is 3. The van der Waals surface area contributed by atoms with E-state index in [0.29, 0.717) is 6.42 Å². The van der Waals surface area contributed by atoms with Crippen LogP contribution in [0.25, 0.3) is 0 Å². The van der Waals surface area contributed by atoms with Crippen LogP contribution >= 0.6 is 0 Å². The van der Waals surface area contributed by atoms with E-state index >= 15 is 0 Å². The van der Waals surface area contributed by atoms with Crippen molar-refractivity contribution >= 4 is 28.6 Å². The van der Waals surface area contributed by atoms with Crippen LogP contribution in [0.1, 0.15) is 19.8 Å². The number of hydrogen-bond acceptors (Lipinski definition) is 4. The molecule has 1 atom stereocenters. The number of aliphatic carboxylic acids is 1. The maximum atomic E-state index is 12.5. The molecule has 0 aliphatic heterocycles. The Labute approximate surface area is 142 Å². The van der Waals surface area contributed by atoms with Crippen LogP contribution < -0.4 is 0 Å². The van der Waals surface area contributed by atoms with Crippen molar-refractivity contribution in [2.45, 2.75) is 64.4 Å². The lowest BCUT2D eigenvalue weighted by atomic mass is 10.1. The number of hydrogen-bond donors (Lipinski definition) is 1. The van der Waals surface area contributed by atoms with Crippen LogP contribution in [0.2, 0.25) is 32.7 Å². The number of esters is 1. The second-order valence-corrected chi connectivity index (χ2v) is 15.8. The monoisotopic (exact) mass is 386 g/mol. The molecule has 0 spiro atoms. The van der Waals surface area contributed by atoms with Gasteiger partial charge in [0.1, 0.15) is 5.73 Å². The summed E-state index contributed by atoms with van der Waals surface area (Å²) >= 11 is 0. The summed E-state index contributed by atoms with van der Waals surface area (Å²) in [6.45, 7) is 11.3. The molecule has 0 saturated heterocycles. The van der Waals surface area contributed by atoms with Crippen molar-refractivity contribution in [3.05, 3.63) is 11.6 Å². The SMILES string of the molecule is CCC(OC(=O)C(=CC(=O)O)CC(F)(F)F)[Si](C)(C)O[Si](C)(C)C. The second-order valence-electron chi connectivity index (χ2n) is 6.92. The van der Waals surface area contributed by atoms with Crippen LogP contribution in [0.3, 0.4) is 0 Å².